The maximum Gasteiger partial charge on any atom is 0.115 e. The molecule has 7 nitrogen and oxygen atoms in total. The fourth-order valence-electron chi connectivity index (χ4n) is 8.49. The Morgan fingerprint density at radius 2 is 0.694 bits per heavy atom. The molecule has 0 spiro atoms. The average Bonchev–Trinajstić information content (AvgIpc) is 3.28. The van der Waals surface area contributed by atoms with Gasteiger partial charge in [0.1, 0.15) is 45.6 Å². The maximum absolute atomic E-state index is 6.44. The van der Waals surface area contributed by atoms with E-state index in [4.69, 9.17) is 19.4 Å². The highest BCUT2D eigenvalue weighted by atomic mass is 16.5. The van der Waals surface area contributed by atoms with E-state index in [0.29, 0.717) is 94.3 Å². The molecule has 2 aliphatic rings. The molecular formula is C55H57N5O2. The molecule has 7 heteroatoms. The average molecular weight is 820 g/mol. The van der Waals surface area contributed by atoms with E-state index in [9.17, 15) is 0 Å². The van der Waals surface area contributed by atoms with Gasteiger partial charge < -0.3 is 9.47 Å². The Morgan fingerprint density at radius 1 is 0.419 bits per heavy atom. The van der Waals surface area contributed by atoms with Gasteiger partial charge in [0.25, 0.3) is 0 Å². The predicted octanol–water partition coefficient (Wildman–Crippen LogP) is 10.2. The van der Waals surface area contributed by atoms with Gasteiger partial charge in [-0.25, -0.2) is 24.9 Å². The molecule has 2 fully saturated rings. The largest absolute Gasteiger partial charge is 0.372 e. The number of ether oxygens (including phenoxy) is 2. The Labute approximate surface area is 369 Å². The molecule has 2 aliphatic carbocycles. The molecule has 5 heterocycles. The predicted molar refractivity (Wildman–Crippen MR) is 245 cm³/mol. The van der Waals surface area contributed by atoms with Crippen LogP contribution in [0.2, 0.25) is 0 Å². The second-order valence-corrected chi connectivity index (χ2v) is 17.6. The highest BCUT2D eigenvalue weighted by molar-refractivity contribution is 5.44. The summed E-state index contributed by atoms with van der Waals surface area (Å²) in [5, 5.41) is 0. The molecular weight excluding hydrogens is 763 g/mol. The molecule has 6 unspecified atom stereocenters. The van der Waals surface area contributed by atoms with Gasteiger partial charge in [-0.05, 0) is 169 Å². The molecule has 0 radical (unpaired) electrons. The van der Waals surface area contributed by atoms with Crippen molar-refractivity contribution in [1.82, 2.24) is 24.9 Å². The van der Waals surface area contributed by atoms with E-state index in [1.54, 1.807) is 0 Å². The normalized spacial score (nSPS) is 20.7. The van der Waals surface area contributed by atoms with Crippen LogP contribution in [0.5, 0.6) is 0 Å². The fourth-order valence-corrected chi connectivity index (χ4v) is 8.49. The summed E-state index contributed by atoms with van der Waals surface area (Å²) in [6.07, 6.45) is 7.78. The number of hydrogen-bond donors (Lipinski definition) is 0. The lowest BCUT2D eigenvalue weighted by Crippen LogP contribution is -2.34. The van der Waals surface area contributed by atoms with Crippen molar-refractivity contribution >= 4 is 0 Å². The van der Waals surface area contributed by atoms with Crippen molar-refractivity contribution in [3.05, 3.63) is 148 Å². The minimum absolute atomic E-state index is 0.271. The number of rotatable bonds is 8. The van der Waals surface area contributed by atoms with Crippen LogP contribution in [0, 0.1) is 82.9 Å². The molecule has 5 aromatic heterocycles. The molecule has 314 valence electrons. The zero-order chi connectivity index (χ0) is 43.3. The smallest absolute Gasteiger partial charge is 0.115 e. The molecule has 5 aromatic rings. The summed E-state index contributed by atoms with van der Waals surface area (Å²) in [5.41, 5.74) is 6.73. The summed E-state index contributed by atoms with van der Waals surface area (Å²) in [5.74, 6) is 29.0. The van der Waals surface area contributed by atoms with Crippen LogP contribution < -0.4 is 0 Å². The Kier molecular flexibility index (Phi) is 15.3. The van der Waals surface area contributed by atoms with E-state index in [-0.39, 0.29) is 12.2 Å². The number of hydrogen-bond acceptors (Lipinski definition) is 7. The summed E-state index contributed by atoms with van der Waals surface area (Å²) in [4.78, 5) is 23.5. The first-order valence-corrected chi connectivity index (χ1v) is 22.3. The van der Waals surface area contributed by atoms with Crippen LogP contribution in [0.4, 0.5) is 0 Å². The highest BCUT2D eigenvalue weighted by Crippen LogP contribution is 2.37. The fraction of sp³-hybridized carbons (Fsp3) is 0.400. The first-order chi connectivity index (χ1) is 30.1. The summed E-state index contributed by atoms with van der Waals surface area (Å²) >= 11 is 0. The molecule has 2 saturated carbocycles. The Bertz CT molecular complexity index is 2400. The first-order valence-electron chi connectivity index (χ1n) is 22.3. The molecule has 0 bridgehead atoms. The van der Waals surface area contributed by atoms with Crippen molar-refractivity contribution in [2.75, 3.05) is 0 Å². The quantitative estimate of drug-likeness (QED) is 0.144. The van der Waals surface area contributed by atoms with Crippen molar-refractivity contribution in [2.24, 2.45) is 35.5 Å². The van der Waals surface area contributed by atoms with Gasteiger partial charge in [-0.15, -0.1) is 0 Å². The Hall–Kier alpha value is -6.09. The molecule has 0 aliphatic heterocycles. The van der Waals surface area contributed by atoms with Crippen molar-refractivity contribution < 1.29 is 9.47 Å². The molecule has 62 heavy (non-hydrogen) atoms. The van der Waals surface area contributed by atoms with Crippen molar-refractivity contribution in [2.45, 2.75) is 105 Å². The van der Waals surface area contributed by atoms with Gasteiger partial charge in [0, 0.05) is 0 Å². The van der Waals surface area contributed by atoms with Crippen LogP contribution >= 0.6 is 0 Å². The van der Waals surface area contributed by atoms with Gasteiger partial charge >= 0.3 is 0 Å². The third kappa shape index (κ3) is 13.0. The minimum atomic E-state index is 0.271. The van der Waals surface area contributed by atoms with Crippen molar-refractivity contribution in [3.63, 3.8) is 0 Å². The minimum Gasteiger partial charge on any atom is -0.372 e. The van der Waals surface area contributed by atoms with Crippen LogP contribution in [0.3, 0.4) is 0 Å². The van der Waals surface area contributed by atoms with Gasteiger partial charge in [-0.3, -0.25) is 0 Å². The molecule has 7 rings (SSSR count). The standard InChI is InChI=1S/C55H57N5O2/c1-38(2)52-32-22-40(5)34-54(52)61-36-50-20-10-18-48(59-50)30-28-46-16-8-14-44(57-46)26-24-42-12-7-13-43(56-42)25-27-45-15-9-17-47(58-45)29-31-49-19-11-21-51(60-49)37-62-55-35-41(6)23-33-53(55)39(3)4/h7-21,38-41,52-55H,22-23,32-37H2,1-6H3. The van der Waals surface area contributed by atoms with E-state index >= 15 is 0 Å². The van der Waals surface area contributed by atoms with Gasteiger partial charge in [-0.2, -0.15) is 0 Å². The van der Waals surface area contributed by atoms with Crippen LogP contribution in [-0.4, -0.2) is 37.1 Å². The van der Waals surface area contributed by atoms with Crippen molar-refractivity contribution in [3.8, 4) is 47.4 Å². The SMILES string of the molecule is CC1CCC(C(C)C)C(OCc2cccc(C#Cc3cccc(C#Cc4cccc(C#Cc5cccc(C#Cc6cccc(COC7CC(C)CCC7C(C)C)n6)n5)n4)n3)n2)C1. The third-order valence-electron chi connectivity index (χ3n) is 11.9. The highest BCUT2D eigenvalue weighted by Gasteiger charge is 2.32. The van der Waals surface area contributed by atoms with E-state index in [1.165, 1.54) is 25.7 Å². The zero-order valence-electron chi connectivity index (χ0n) is 37.0. The molecule has 6 atom stereocenters. The van der Waals surface area contributed by atoms with Gasteiger partial charge in [0.15, 0.2) is 0 Å². The summed E-state index contributed by atoms with van der Waals surface area (Å²) in [6, 6.07) is 28.7. The second-order valence-electron chi connectivity index (χ2n) is 17.6. The number of nitrogens with zero attached hydrogens (tertiary/aromatic N) is 5. The van der Waals surface area contributed by atoms with Crippen LogP contribution in [0.1, 0.15) is 137 Å². The Morgan fingerprint density at radius 3 is 0.984 bits per heavy atom. The lowest BCUT2D eigenvalue weighted by atomic mass is 9.75. The molecule has 0 aromatic carbocycles. The van der Waals surface area contributed by atoms with Gasteiger partial charge in [-0.1, -0.05) is 84.7 Å². The van der Waals surface area contributed by atoms with E-state index in [2.05, 4.69) is 104 Å². The van der Waals surface area contributed by atoms with E-state index in [0.717, 1.165) is 24.2 Å². The van der Waals surface area contributed by atoms with Crippen molar-refractivity contribution in [1.29, 1.82) is 0 Å². The van der Waals surface area contributed by atoms with Gasteiger partial charge in [0.2, 0.25) is 0 Å². The van der Waals surface area contributed by atoms with Crippen LogP contribution in [0.25, 0.3) is 0 Å². The Balaban J connectivity index is 0.950. The van der Waals surface area contributed by atoms with Crippen LogP contribution in [0.15, 0.2) is 91.0 Å². The lowest BCUT2D eigenvalue weighted by molar-refractivity contribution is -0.0484. The first kappa shape index (κ1) is 44.0. The molecule has 0 N–H and O–H groups in total. The van der Waals surface area contributed by atoms with Gasteiger partial charge in [0.05, 0.1) is 36.8 Å². The second kappa shape index (κ2) is 21.6. The summed E-state index contributed by atoms with van der Waals surface area (Å²) < 4.78 is 12.9. The molecule has 0 amide bonds. The topological polar surface area (TPSA) is 82.9 Å². The number of pyridine rings is 5. The van der Waals surface area contributed by atoms with E-state index < -0.39 is 0 Å². The third-order valence-corrected chi connectivity index (χ3v) is 11.9. The van der Waals surface area contributed by atoms with E-state index in [1.807, 2.05) is 91.0 Å². The number of aromatic nitrogens is 5. The summed E-state index contributed by atoms with van der Waals surface area (Å²) in [6.45, 7) is 14.8. The maximum atomic E-state index is 6.44. The monoisotopic (exact) mass is 819 g/mol. The zero-order valence-corrected chi connectivity index (χ0v) is 37.0. The lowest BCUT2D eigenvalue weighted by Gasteiger charge is -2.37. The molecule has 0 saturated heterocycles. The van der Waals surface area contributed by atoms with Crippen LogP contribution in [-0.2, 0) is 22.7 Å². The summed E-state index contributed by atoms with van der Waals surface area (Å²) in [7, 11) is 0.